The van der Waals surface area contributed by atoms with E-state index in [0.29, 0.717) is 11.7 Å². The zero-order chi connectivity index (χ0) is 17.6. The number of nitrogens with one attached hydrogen (secondary N) is 2. The van der Waals surface area contributed by atoms with Crippen LogP contribution in [0, 0.1) is 5.92 Å². The van der Waals surface area contributed by atoms with Gasteiger partial charge in [-0.15, -0.1) is 0 Å². The van der Waals surface area contributed by atoms with Gasteiger partial charge in [-0.25, -0.2) is 4.68 Å². The van der Waals surface area contributed by atoms with Gasteiger partial charge in [0.25, 0.3) is 0 Å². The summed E-state index contributed by atoms with van der Waals surface area (Å²) in [5, 5.41) is 9.73. The number of aromatic nitrogens is 2. The number of para-hydroxylation sites is 1. The smallest absolute Gasteiger partial charge is 0.314 e. The molecule has 1 heterocycles. The zero-order valence-electron chi connectivity index (χ0n) is 14.4. The van der Waals surface area contributed by atoms with Crippen LogP contribution in [0.2, 0.25) is 0 Å². The minimum atomic E-state index is -0.656. The molecule has 6 nitrogen and oxygen atoms in total. The van der Waals surface area contributed by atoms with Gasteiger partial charge in [-0.05, 0) is 30.9 Å². The van der Waals surface area contributed by atoms with E-state index < -0.39 is 11.8 Å². The second-order valence-electron chi connectivity index (χ2n) is 6.53. The molecule has 2 aromatic rings. The largest absolute Gasteiger partial charge is 0.345 e. The average Bonchev–Trinajstić information content (AvgIpc) is 3.10. The van der Waals surface area contributed by atoms with Crippen LogP contribution in [-0.2, 0) is 9.59 Å². The molecule has 0 saturated heterocycles. The molecule has 0 radical (unpaired) electrons. The minimum Gasteiger partial charge on any atom is -0.345 e. The summed E-state index contributed by atoms with van der Waals surface area (Å²) in [5.41, 5.74) is 0.821. The highest BCUT2D eigenvalue weighted by Gasteiger charge is 2.25. The van der Waals surface area contributed by atoms with E-state index in [1.54, 1.807) is 16.9 Å². The Balaban J connectivity index is 1.61. The summed E-state index contributed by atoms with van der Waals surface area (Å²) in [7, 11) is 0. The number of hydrogen-bond donors (Lipinski definition) is 2. The fourth-order valence-electron chi connectivity index (χ4n) is 3.39. The van der Waals surface area contributed by atoms with Gasteiger partial charge in [0.1, 0.15) is 5.82 Å². The Morgan fingerprint density at radius 2 is 1.96 bits per heavy atom. The van der Waals surface area contributed by atoms with Gasteiger partial charge in [-0.3, -0.25) is 9.59 Å². The Labute approximate surface area is 147 Å². The molecule has 0 aliphatic heterocycles. The van der Waals surface area contributed by atoms with E-state index in [9.17, 15) is 9.59 Å². The fraction of sp³-hybridized carbons (Fsp3) is 0.421. The highest BCUT2D eigenvalue weighted by Crippen LogP contribution is 2.26. The van der Waals surface area contributed by atoms with E-state index in [1.165, 1.54) is 6.42 Å². The van der Waals surface area contributed by atoms with Crippen molar-refractivity contribution >= 4 is 17.6 Å². The van der Waals surface area contributed by atoms with E-state index in [2.05, 4.69) is 22.7 Å². The zero-order valence-corrected chi connectivity index (χ0v) is 14.4. The van der Waals surface area contributed by atoms with Gasteiger partial charge in [0.2, 0.25) is 0 Å². The maximum absolute atomic E-state index is 12.3. The molecule has 1 saturated carbocycles. The van der Waals surface area contributed by atoms with E-state index in [0.717, 1.165) is 31.4 Å². The highest BCUT2D eigenvalue weighted by atomic mass is 16.2. The number of carbonyl (C=O) groups is 2. The first-order valence-corrected chi connectivity index (χ1v) is 8.88. The van der Waals surface area contributed by atoms with Crippen LogP contribution in [0.4, 0.5) is 5.82 Å². The van der Waals surface area contributed by atoms with Crippen LogP contribution in [0.15, 0.2) is 42.6 Å². The van der Waals surface area contributed by atoms with Crippen molar-refractivity contribution < 1.29 is 9.59 Å². The second-order valence-corrected chi connectivity index (χ2v) is 6.53. The third-order valence-corrected chi connectivity index (χ3v) is 4.79. The number of rotatable bonds is 4. The Bertz CT molecular complexity index is 726. The van der Waals surface area contributed by atoms with Crippen molar-refractivity contribution in [2.45, 2.75) is 45.1 Å². The molecule has 3 rings (SSSR count). The first kappa shape index (κ1) is 17.2. The summed E-state index contributed by atoms with van der Waals surface area (Å²) in [5.74, 6) is -0.123. The summed E-state index contributed by atoms with van der Waals surface area (Å²) in [6.07, 6.45) is 6.93. The molecule has 132 valence electrons. The van der Waals surface area contributed by atoms with Crippen molar-refractivity contribution in [1.29, 1.82) is 0 Å². The average molecular weight is 340 g/mol. The minimum absolute atomic E-state index is 0.0935. The lowest BCUT2D eigenvalue weighted by Gasteiger charge is -2.28. The molecule has 0 spiro atoms. The van der Waals surface area contributed by atoms with Crippen molar-refractivity contribution in [2.75, 3.05) is 5.32 Å². The molecule has 1 aromatic carbocycles. The lowest BCUT2D eigenvalue weighted by atomic mass is 9.84. The monoisotopic (exact) mass is 340 g/mol. The van der Waals surface area contributed by atoms with Crippen LogP contribution in [-0.4, -0.2) is 27.6 Å². The number of nitrogens with zero attached hydrogens (tertiary/aromatic N) is 2. The molecule has 1 fully saturated rings. The van der Waals surface area contributed by atoms with Crippen molar-refractivity contribution in [3.8, 4) is 5.69 Å². The Morgan fingerprint density at radius 1 is 1.16 bits per heavy atom. The molecule has 0 unspecified atom stereocenters. The quantitative estimate of drug-likeness (QED) is 0.840. The number of anilines is 1. The predicted octanol–water partition coefficient (Wildman–Crippen LogP) is 2.90. The predicted molar refractivity (Wildman–Crippen MR) is 96.4 cm³/mol. The third-order valence-electron chi connectivity index (χ3n) is 4.79. The standard InChI is InChI=1S/C19H24N4O2/c1-2-14-7-6-8-15(13-14)21-18(24)19(25)22-17-11-12-20-23(17)16-9-4-3-5-10-16/h3-5,9-12,14-15H,2,6-8,13H2,1H3,(H,21,24)(H,22,25)/t14-,15-/m1/s1. The van der Waals surface area contributed by atoms with Crippen LogP contribution in [0.25, 0.3) is 5.69 Å². The van der Waals surface area contributed by atoms with E-state index in [4.69, 9.17) is 0 Å². The lowest BCUT2D eigenvalue weighted by Crippen LogP contribution is -2.44. The van der Waals surface area contributed by atoms with Crippen molar-refractivity contribution in [3.63, 3.8) is 0 Å². The van der Waals surface area contributed by atoms with Crippen LogP contribution in [0.3, 0.4) is 0 Å². The maximum atomic E-state index is 12.3. The lowest BCUT2D eigenvalue weighted by molar-refractivity contribution is -0.136. The van der Waals surface area contributed by atoms with Gasteiger partial charge in [-0.2, -0.15) is 5.10 Å². The summed E-state index contributed by atoms with van der Waals surface area (Å²) >= 11 is 0. The molecule has 2 amide bonds. The van der Waals surface area contributed by atoms with E-state index in [1.807, 2.05) is 30.3 Å². The first-order chi connectivity index (χ1) is 12.2. The van der Waals surface area contributed by atoms with Gasteiger partial charge >= 0.3 is 11.8 Å². The van der Waals surface area contributed by atoms with Crippen molar-refractivity contribution in [3.05, 3.63) is 42.6 Å². The van der Waals surface area contributed by atoms with Crippen LogP contribution in [0.5, 0.6) is 0 Å². The molecule has 0 bridgehead atoms. The van der Waals surface area contributed by atoms with E-state index >= 15 is 0 Å². The Morgan fingerprint density at radius 3 is 2.72 bits per heavy atom. The molecular formula is C19H24N4O2. The number of amides is 2. The molecule has 2 N–H and O–H groups in total. The molecule has 6 heteroatoms. The summed E-state index contributed by atoms with van der Waals surface area (Å²) in [6.45, 7) is 2.17. The number of benzene rings is 1. The Kier molecular flexibility index (Phi) is 5.48. The van der Waals surface area contributed by atoms with Crippen molar-refractivity contribution in [2.24, 2.45) is 5.92 Å². The molecule has 2 atom stereocenters. The SMILES string of the molecule is CC[C@@H]1CCC[C@@H](NC(=O)C(=O)Nc2ccnn2-c2ccccc2)C1. The van der Waals surface area contributed by atoms with Crippen LogP contribution < -0.4 is 10.6 Å². The molecule has 1 aliphatic rings. The summed E-state index contributed by atoms with van der Waals surface area (Å²) in [4.78, 5) is 24.5. The van der Waals surface area contributed by atoms with Crippen LogP contribution in [0.1, 0.15) is 39.0 Å². The fourth-order valence-corrected chi connectivity index (χ4v) is 3.39. The summed E-state index contributed by atoms with van der Waals surface area (Å²) in [6, 6.07) is 11.2. The van der Waals surface area contributed by atoms with Crippen molar-refractivity contribution in [1.82, 2.24) is 15.1 Å². The van der Waals surface area contributed by atoms with Gasteiger partial charge < -0.3 is 10.6 Å². The van der Waals surface area contributed by atoms with E-state index in [-0.39, 0.29) is 6.04 Å². The topological polar surface area (TPSA) is 76.0 Å². The summed E-state index contributed by atoms with van der Waals surface area (Å²) < 4.78 is 1.60. The highest BCUT2D eigenvalue weighted by molar-refractivity contribution is 6.39. The third kappa shape index (κ3) is 4.26. The Hall–Kier alpha value is -2.63. The maximum Gasteiger partial charge on any atom is 0.314 e. The second kappa shape index (κ2) is 7.96. The van der Waals surface area contributed by atoms with Crippen LogP contribution >= 0.6 is 0 Å². The number of carbonyl (C=O) groups excluding carboxylic acids is 2. The van der Waals surface area contributed by atoms with Gasteiger partial charge in [-0.1, -0.05) is 44.4 Å². The molecule has 1 aliphatic carbocycles. The molecular weight excluding hydrogens is 316 g/mol. The molecule has 25 heavy (non-hydrogen) atoms. The van der Waals surface area contributed by atoms with Gasteiger partial charge in [0, 0.05) is 12.1 Å². The normalized spacial score (nSPS) is 20.0. The first-order valence-electron chi connectivity index (χ1n) is 8.88. The number of hydrogen-bond acceptors (Lipinski definition) is 3. The van der Waals surface area contributed by atoms with Gasteiger partial charge in [0.15, 0.2) is 0 Å². The van der Waals surface area contributed by atoms with Gasteiger partial charge in [0.05, 0.1) is 11.9 Å². The molecule has 1 aromatic heterocycles.